The molecule has 0 saturated carbocycles. The van der Waals surface area contributed by atoms with Gasteiger partial charge >= 0.3 is 6.09 Å². The van der Waals surface area contributed by atoms with Gasteiger partial charge in [0.1, 0.15) is 11.4 Å². The van der Waals surface area contributed by atoms with E-state index in [-0.39, 0.29) is 6.42 Å². The van der Waals surface area contributed by atoms with Crippen LogP contribution in [0.1, 0.15) is 38.4 Å². The van der Waals surface area contributed by atoms with Crippen LogP contribution in [0.15, 0.2) is 12.1 Å². The smallest absolute Gasteiger partial charge is 0.416 e. The van der Waals surface area contributed by atoms with Crippen molar-refractivity contribution in [1.29, 1.82) is 0 Å². The zero-order chi connectivity index (χ0) is 15.6. The van der Waals surface area contributed by atoms with E-state index in [1.165, 1.54) is 4.90 Å². The minimum atomic E-state index is -1.19. The number of aryl methyl sites for hydroxylation is 1. The summed E-state index contributed by atoms with van der Waals surface area (Å²) >= 11 is 0. The van der Waals surface area contributed by atoms with Crippen molar-refractivity contribution < 1.29 is 19.4 Å². The van der Waals surface area contributed by atoms with Gasteiger partial charge in [-0.2, -0.15) is 0 Å². The van der Waals surface area contributed by atoms with E-state index in [1.807, 2.05) is 6.07 Å². The minimum Gasteiger partial charge on any atom is -0.550 e. The molecule has 1 amide bonds. The Kier molecular flexibility index (Phi) is 4.16. The summed E-state index contributed by atoms with van der Waals surface area (Å²) in [5.41, 5.74) is 0.718. The highest BCUT2D eigenvalue weighted by Crippen LogP contribution is 2.27. The number of rotatable bonds is 2. The molecule has 1 aliphatic rings. The number of nitrogens with zero attached hydrogens (tertiary/aromatic N) is 2. The molecule has 0 atom stereocenters. The number of hydrogen-bond donors (Lipinski definition) is 0. The molecule has 0 unspecified atom stereocenters. The predicted molar refractivity (Wildman–Crippen MR) is 74.8 cm³/mol. The van der Waals surface area contributed by atoms with Gasteiger partial charge in [-0.3, -0.25) is 4.90 Å². The molecule has 114 valence electrons. The van der Waals surface area contributed by atoms with Gasteiger partial charge in [-0.1, -0.05) is 6.07 Å². The summed E-state index contributed by atoms with van der Waals surface area (Å²) in [5, 5.41) is 10.7. The van der Waals surface area contributed by atoms with Gasteiger partial charge in [0.15, 0.2) is 0 Å². The molecule has 0 spiro atoms. The van der Waals surface area contributed by atoms with Crippen LogP contribution in [0.25, 0.3) is 0 Å². The van der Waals surface area contributed by atoms with Gasteiger partial charge in [0.05, 0.1) is 0 Å². The fourth-order valence-corrected chi connectivity index (χ4v) is 2.22. The number of hydrogen-bond acceptors (Lipinski definition) is 5. The number of carbonyl (C=O) groups is 2. The van der Waals surface area contributed by atoms with Crippen LogP contribution >= 0.6 is 0 Å². The van der Waals surface area contributed by atoms with Gasteiger partial charge in [-0.15, -0.1) is 0 Å². The Morgan fingerprint density at radius 1 is 1.38 bits per heavy atom. The van der Waals surface area contributed by atoms with Crippen LogP contribution in [-0.4, -0.2) is 29.2 Å². The summed E-state index contributed by atoms with van der Waals surface area (Å²) in [5.74, 6) is -0.698. The van der Waals surface area contributed by atoms with Crippen molar-refractivity contribution in [2.24, 2.45) is 0 Å². The summed E-state index contributed by atoms with van der Waals surface area (Å²) < 4.78 is 5.37. The van der Waals surface area contributed by atoms with Crippen molar-refractivity contribution >= 4 is 17.9 Å². The highest BCUT2D eigenvalue weighted by molar-refractivity contribution is 5.88. The highest BCUT2D eigenvalue weighted by Gasteiger charge is 2.28. The highest BCUT2D eigenvalue weighted by atomic mass is 16.6. The maximum atomic E-state index is 12.2. The van der Waals surface area contributed by atoms with E-state index in [9.17, 15) is 14.7 Å². The number of carboxylic acids is 1. The number of aliphatic carboxylic acids is 1. The standard InChI is InChI=1S/C15H20N2O4/c1-15(2,3)21-14(20)17-8-4-5-10-6-7-11(9-12(18)19)16-13(10)17/h6-7H,4-5,8-9H2,1-3H3,(H,18,19)/p-1. The first-order valence-electron chi connectivity index (χ1n) is 6.95. The van der Waals surface area contributed by atoms with Crippen molar-refractivity contribution in [3.63, 3.8) is 0 Å². The van der Waals surface area contributed by atoms with Crippen LogP contribution in [0.3, 0.4) is 0 Å². The lowest BCUT2D eigenvalue weighted by Gasteiger charge is -2.31. The summed E-state index contributed by atoms with van der Waals surface area (Å²) in [6, 6.07) is 3.48. The van der Waals surface area contributed by atoms with Crippen LogP contribution in [0.4, 0.5) is 10.6 Å². The largest absolute Gasteiger partial charge is 0.550 e. The molecule has 6 nitrogen and oxygen atoms in total. The van der Waals surface area contributed by atoms with Crippen molar-refractivity contribution in [2.75, 3.05) is 11.4 Å². The lowest BCUT2D eigenvalue weighted by molar-refractivity contribution is -0.304. The van der Waals surface area contributed by atoms with E-state index in [1.54, 1.807) is 26.8 Å². The average Bonchev–Trinajstić information content (AvgIpc) is 2.35. The lowest BCUT2D eigenvalue weighted by atomic mass is 10.1. The van der Waals surface area contributed by atoms with Crippen molar-refractivity contribution in [2.45, 2.75) is 45.6 Å². The normalized spacial score (nSPS) is 14.5. The molecular formula is C15H19N2O4-. The SMILES string of the molecule is CC(C)(C)OC(=O)N1CCCc2ccc(CC(=O)[O-])nc21. The Hall–Kier alpha value is -2.11. The molecule has 2 heterocycles. The first-order valence-corrected chi connectivity index (χ1v) is 6.95. The number of amides is 1. The van der Waals surface area contributed by atoms with Gasteiger partial charge in [0.25, 0.3) is 0 Å². The number of pyridine rings is 1. The molecular weight excluding hydrogens is 272 g/mol. The van der Waals surface area contributed by atoms with Crippen LogP contribution in [-0.2, 0) is 22.4 Å². The molecule has 0 bridgehead atoms. The number of aromatic nitrogens is 1. The Labute approximate surface area is 123 Å². The van der Waals surface area contributed by atoms with Crippen molar-refractivity contribution in [1.82, 2.24) is 4.98 Å². The maximum absolute atomic E-state index is 12.2. The van der Waals surface area contributed by atoms with Gasteiger partial charge in [0, 0.05) is 24.6 Å². The van der Waals surface area contributed by atoms with E-state index in [0.29, 0.717) is 18.1 Å². The van der Waals surface area contributed by atoms with Gasteiger partial charge < -0.3 is 14.6 Å². The first kappa shape index (κ1) is 15.3. The molecule has 0 radical (unpaired) electrons. The molecule has 0 N–H and O–H groups in total. The van der Waals surface area contributed by atoms with Crippen LogP contribution in [0.2, 0.25) is 0 Å². The molecule has 21 heavy (non-hydrogen) atoms. The van der Waals surface area contributed by atoms with Gasteiger partial charge in [-0.25, -0.2) is 9.78 Å². The molecule has 1 aromatic rings. The third-order valence-electron chi connectivity index (χ3n) is 3.04. The number of carboxylic acid groups (broad SMARTS) is 1. The second kappa shape index (κ2) is 5.71. The number of fused-ring (bicyclic) bond motifs is 1. The predicted octanol–water partition coefficient (Wildman–Crippen LogP) is 1.06. The van der Waals surface area contributed by atoms with Crippen LogP contribution in [0.5, 0.6) is 0 Å². The summed E-state index contributed by atoms with van der Waals surface area (Å²) in [6.45, 7) is 5.92. The maximum Gasteiger partial charge on any atom is 0.416 e. The van der Waals surface area contributed by atoms with E-state index >= 15 is 0 Å². The fraction of sp³-hybridized carbons (Fsp3) is 0.533. The van der Waals surface area contributed by atoms with Crippen molar-refractivity contribution in [3.8, 4) is 0 Å². The molecule has 1 aromatic heterocycles. The topological polar surface area (TPSA) is 82.6 Å². The molecule has 0 aromatic carbocycles. The van der Waals surface area contributed by atoms with E-state index < -0.39 is 17.7 Å². The van der Waals surface area contributed by atoms with Gasteiger partial charge in [-0.05, 0) is 45.2 Å². The monoisotopic (exact) mass is 291 g/mol. The van der Waals surface area contributed by atoms with E-state index in [0.717, 1.165) is 18.4 Å². The lowest BCUT2D eigenvalue weighted by Crippen LogP contribution is -2.40. The molecule has 0 saturated heterocycles. The third kappa shape index (κ3) is 3.93. The molecule has 0 aliphatic carbocycles. The van der Waals surface area contributed by atoms with Crippen molar-refractivity contribution in [3.05, 3.63) is 23.4 Å². The zero-order valence-corrected chi connectivity index (χ0v) is 12.5. The third-order valence-corrected chi connectivity index (χ3v) is 3.04. The Morgan fingerprint density at radius 3 is 2.71 bits per heavy atom. The van der Waals surface area contributed by atoms with E-state index in [2.05, 4.69) is 4.98 Å². The second-order valence-electron chi connectivity index (χ2n) is 6.07. The number of ether oxygens (including phenoxy) is 1. The second-order valence-corrected chi connectivity index (χ2v) is 6.07. The number of carbonyl (C=O) groups excluding carboxylic acids is 2. The molecule has 1 aliphatic heterocycles. The summed E-state index contributed by atoms with van der Waals surface area (Å²) in [6.07, 6.45) is 0.915. The van der Waals surface area contributed by atoms with Crippen LogP contribution in [0, 0.1) is 0 Å². The quantitative estimate of drug-likeness (QED) is 0.813. The van der Waals surface area contributed by atoms with Gasteiger partial charge in [0.2, 0.25) is 0 Å². The summed E-state index contributed by atoms with van der Waals surface area (Å²) in [4.78, 5) is 28.7. The van der Waals surface area contributed by atoms with E-state index in [4.69, 9.17) is 4.74 Å². The zero-order valence-electron chi connectivity index (χ0n) is 12.5. The average molecular weight is 291 g/mol. The fourth-order valence-electron chi connectivity index (χ4n) is 2.22. The van der Waals surface area contributed by atoms with Crippen LogP contribution < -0.4 is 10.0 Å². The number of anilines is 1. The Bertz CT molecular complexity index is 563. The summed E-state index contributed by atoms with van der Waals surface area (Å²) in [7, 11) is 0. The first-order chi connectivity index (χ1) is 9.76. The Morgan fingerprint density at radius 2 is 2.10 bits per heavy atom. The molecule has 2 rings (SSSR count). The molecule has 0 fully saturated rings. The molecule has 6 heteroatoms. The Balaban J connectivity index is 2.28. The minimum absolute atomic E-state index is 0.268.